The van der Waals surface area contributed by atoms with Crippen molar-refractivity contribution < 1.29 is 17.5 Å². The lowest BCUT2D eigenvalue weighted by molar-refractivity contribution is 0.0776. The number of sulfonamides is 1. The zero-order valence-electron chi connectivity index (χ0n) is 14.7. The van der Waals surface area contributed by atoms with Crippen molar-refractivity contribution in [2.45, 2.75) is 19.1 Å². The second-order valence-electron chi connectivity index (χ2n) is 6.37. The van der Waals surface area contributed by atoms with Crippen LogP contribution in [0.3, 0.4) is 0 Å². The Hall–Kier alpha value is -2.25. The Labute approximate surface area is 153 Å². The molecule has 0 N–H and O–H groups in total. The van der Waals surface area contributed by atoms with Gasteiger partial charge in [-0.25, -0.2) is 12.8 Å². The number of benzene rings is 2. The van der Waals surface area contributed by atoms with Crippen molar-refractivity contribution >= 4 is 15.9 Å². The maximum Gasteiger partial charge on any atom is 0.238 e. The highest BCUT2D eigenvalue weighted by Crippen LogP contribution is 2.35. The quantitative estimate of drug-likeness (QED) is 0.806. The number of hydrogen-bond acceptors (Lipinski definition) is 4. The summed E-state index contributed by atoms with van der Waals surface area (Å²) in [6, 6.07) is 15.6. The number of nitrogens with zero attached hydrogens (tertiary/aromatic N) is 2. The predicted molar refractivity (Wildman–Crippen MR) is 98.8 cm³/mol. The first-order valence-corrected chi connectivity index (χ1v) is 9.85. The summed E-state index contributed by atoms with van der Waals surface area (Å²) < 4.78 is 46.6. The summed E-state index contributed by atoms with van der Waals surface area (Å²) in [7, 11) is -2.17. The van der Waals surface area contributed by atoms with Crippen LogP contribution in [0.1, 0.15) is 18.1 Å². The zero-order chi connectivity index (χ0) is 18.8. The molecular formula is C19H21FN2O3S. The Kier molecular flexibility index (Phi) is 5.11. The van der Waals surface area contributed by atoms with E-state index in [2.05, 4.69) is 4.99 Å². The minimum atomic E-state index is -3.62. The van der Waals surface area contributed by atoms with Gasteiger partial charge >= 0.3 is 0 Å². The second kappa shape index (κ2) is 7.17. The van der Waals surface area contributed by atoms with Crippen LogP contribution in [-0.4, -0.2) is 38.0 Å². The van der Waals surface area contributed by atoms with Crippen LogP contribution in [-0.2, 0) is 26.9 Å². The van der Waals surface area contributed by atoms with E-state index in [1.165, 1.54) is 13.1 Å². The summed E-state index contributed by atoms with van der Waals surface area (Å²) in [4.78, 5) is 4.55. The largest absolute Gasteiger partial charge is 0.374 e. The van der Waals surface area contributed by atoms with Crippen molar-refractivity contribution in [1.82, 2.24) is 4.31 Å². The highest BCUT2D eigenvalue weighted by Gasteiger charge is 2.44. The third-order valence-corrected chi connectivity index (χ3v) is 6.44. The van der Waals surface area contributed by atoms with Gasteiger partial charge in [0, 0.05) is 12.6 Å². The molecule has 2 aromatic carbocycles. The molecule has 138 valence electrons. The molecule has 3 rings (SSSR count). The lowest BCUT2D eigenvalue weighted by atomic mass is 9.92. The van der Waals surface area contributed by atoms with E-state index in [4.69, 9.17) is 4.74 Å². The Bertz CT molecular complexity index is 915. The Balaban J connectivity index is 1.97. The molecule has 1 unspecified atom stereocenters. The molecule has 0 bridgehead atoms. The summed E-state index contributed by atoms with van der Waals surface area (Å²) in [5, 5.41) is 0. The van der Waals surface area contributed by atoms with Crippen LogP contribution in [0.15, 0.2) is 59.6 Å². The van der Waals surface area contributed by atoms with E-state index in [-0.39, 0.29) is 17.9 Å². The monoisotopic (exact) mass is 376 g/mol. The molecule has 1 aliphatic rings. The van der Waals surface area contributed by atoms with Gasteiger partial charge in [0.1, 0.15) is 22.9 Å². The third kappa shape index (κ3) is 3.64. The van der Waals surface area contributed by atoms with E-state index in [1.54, 1.807) is 25.1 Å². The lowest BCUT2D eigenvalue weighted by Gasteiger charge is -2.37. The average molecular weight is 376 g/mol. The summed E-state index contributed by atoms with van der Waals surface area (Å²) in [6.45, 7) is 1.86. The van der Waals surface area contributed by atoms with Gasteiger partial charge in [-0.2, -0.15) is 0 Å². The zero-order valence-corrected chi connectivity index (χ0v) is 15.5. The van der Waals surface area contributed by atoms with Gasteiger partial charge in [0.2, 0.25) is 10.0 Å². The smallest absolute Gasteiger partial charge is 0.238 e. The van der Waals surface area contributed by atoms with Gasteiger partial charge in [-0.05, 0) is 18.6 Å². The lowest BCUT2D eigenvalue weighted by Crippen LogP contribution is -2.50. The second-order valence-corrected chi connectivity index (χ2v) is 8.37. The number of aliphatic imine (C=N–C) groups is 1. The van der Waals surface area contributed by atoms with Gasteiger partial charge < -0.3 is 4.74 Å². The molecular weight excluding hydrogens is 355 g/mol. The van der Waals surface area contributed by atoms with Crippen molar-refractivity contribution in [3.63, 3.8) is 0 Å². The van der Waals surface area contributed by atoms with E-state index in [1.807, 2.05) is 30.3 Å². The third-order valence-electron chi connectivity index (χ3n) is 4.50. The predicted octanol–water partition coefficient (Wildman–Crippen LogP) is 2.93. The fraction of sp³-hybridized carbons (Fsp3) is 0.316. The molecule has 0 aliphatic carbocycles. The first-order valence-electron chi connectivity index (χ1n) is 8.24. The molecule has 0 spiro atoms. The van der Waals surface area contributed by atoms with Crippen molar-refractivity contribution in [2.75, 3.05) is 19.4 Å². The fourth-order valence-corrected chi connectivity index (χ4v) is 4.60. The first-order chi connectivity index (χ1) is 12.3. The molecule has 1 aliphatic heterocycles. The highest BCUT2D eigenvalue weighted by molar-refractivity contribution is 7.89. The summed E-state index contributed by atoms with van der Waals surface area (Å²) >= 11 is 0. The van der Waals surface area contributed by atoms with E-state index in [9.17, 15) is 12.8 Å². The molecule has 0 saturated heterocycles. The normalized spacial score (nSPS) is 22.1. The number of amidine groups is 1. The Morgan fingerprint density at radius 2 is 1.81 bits per heavy atom. The SMILES string of the molecule is CC1=NC(COCc2ccccc2)(c2ccccc2F)CS(=O)(=O)N1C. The van der Waals surface area contributed by atoms with Crippen LogP contribution < -0.4 is 0 Å². The van der Waals surface area contributed by atoms with Crippen LogP contribution in [0.4, 0.5) is 4.39 Å². The van der Waals surface area contributed by atoms with E-state index < -0.39 is 21.4 Å². The van der Waals surface area contributed by atoms with Crippen LogP contribution >= 0.6 is 0 Å². The van der Waals surface area contributed by atoms with Crippen LogP contribution in [0.5, 0.6) is 0 Å². The average Bonchev–Trinajstić information content (AvgIpc) is 2.61. The highest BCUT2D eigenvalue weighted by atomic mass is 32.2. The molecule has 1 heterocycles. The maximum absolute atomic E-state index is 14.5. The number of ether oxygens (including phenoxy) is 1. The minimum absolute atomic E-state index is 0.0345. The van der Waals surface area contributed by atoms with Gasteiger partial charge in [0.05, 0.1) is 13.2 Å². The molecule has 0 amide bonds. The van der Waals surface area contributed by atoms with Crippen LogP contribution in [0.25, 0.3) is 0 Å². The molecule has 2 aromatic rings. The van der Waals surface area contributed by atoms with Crippen molar-refractivity contribution in [3.8, 4) is 0 Å². The van der Waals surface area contributed by atoms with Crippen molar-refractivity contribution in [1.29, 1.82) is 0 Å². The van der Waals surface area contributed by atoms with Crippen LogP contribution in [0, 0.1) is 5.82 Å². The van der Waals surface area contributed by atoms with Gasteiger partial charge in [0.15, 0.2) is 0 Å². The molecule has 0 saturated carbocycles. The Morgan fingerprint density at radius 3 is 2.46 bits per heavy atom. The minimum Gasteiger partial charge on any atom is -0.374 e. The molecule has 5 nitrogen and oxygen atoms in total. The van der Waals surface area contributed by atoms with Gasteiger partial charge in [-0.3, -0.25) is 9.30 Å². The summed E-state index contributed by atoms with van der Waals surface area (Å²) in [5.41, 5.74) is -0.132. The van der Waals surface area contributed by atoms with Crippen molar-refractivity contribution in [3.05, 3.63) is 71.5 Å². The molecule has 7 heteroatoms. The molecule has 0 aromatic heterocycles. The van der Waals surface area contributed by atoms with Gasteiger partial charge in [0.25, 0.3) is 0 Å². The van der Waals surface area contributed by atoms with Crippen LogP contribution in [0.2, 0.25) is 0 Å². The fourth-order valence-electron chi connectivity index (χ4n) is 3.05. The Morgan fingerprint density at radius 1 is 1.15 bits per heavy atom. The van der Waals surface area contributed by atoms with E-state index >= 15 is 0 Å². The number of halogens is 1. The van der Waals surface area contributed by atoms with E-state index in [0.29, 0.717) is 12.4 Å². The van der Waals surface area contributed by atoms with Gasteiger partial charge in [-0.15, -0.1) is 0 Å². The first kappa shape index (κ1) is 18.5. The standard InChI is InChI=1S/C19H21FN2O3S/c1-15-21-19(14-26(23,24)22(15)2,17-10-6-7-11-18(17)20)13-25-12-16-8-4-3-5-9-16/h3-11H,12-14H2,1-2H3. The van der Waals surface area contributed by atoms with E-state index in [0.717, 1.165) is 9.87 Å². The summed E-state index contributed by atoms with van der Waals surface area (Å²) in [5.74, 6) is -0.529. The van der Waals surface area contributed by atoms with Crippen molar-refractivity contribution in [2.24, 2.45) is 4.99 Å². The molecule has 1 atom stereocenters. The molecule has 26 heavy (non-hydrogen) atoms. The van der Waals surface area contributed by atoms with Gasteiger partial charge in [-0.1, -0.05) is 48.5 Å². The molecule has 0 radical (unpaired) electrons. The topological polar surface area (TPSA) is 59.0 Å². The number of rotatable bonds is 5. The summed E-state index contributed by atoms with van der Waals surface area (Å²) in [6.07, 6.45) is 0. The molecule has 0 fully saturated rings. The maximum atomic E-state index is 14.5. The number of hydrogen-bond donors (Lipinski definition) is 0.